The number of halogens is 1. The Labute approximate surface area is 173 Å². The molecule has 1 atom stereocenters. The van der Waals surface area contributed by atoms with Crippen LogP contribution >= 0.6 is 22.9 Å². The lowest BCUT2D eigenvalue weighted by molar-refractivity contribution is 0.265. The molecular formula is C18H21ClN4O3S2. The quantitative estimate of drug-likeness (QED) is 0.658. The standard InChI is InChI=1S/C18H21ClN4O3S2/c1-22(2)11-4-5-12-13(10-11)15(26-3)7-6-14(12)21-28(24,25)17-16(19)20-18-23(17)8-9-27-18/h6-9,11,21H,4-5,10H2,1-3H3/t11-/m0/s1. The zero-order valence-corrected chi connectivity index (χ0v) is 18.2. The molecule has 10 heteroatoms. The molecule has 2 heterocycles. The molecule has 2 aromatic heterocycles. The van der Waals surface area contributed by atoms with E-state index in [0.29, 0.717) is 16.7 Å². The van der Waals surface area contributed by atoms with E-state index in [-0.39, 0.29) is 10.2 Å². The number of rotatable bonds is 5. The van der Waals surface area contributed by atoms with Crippen LogP contribution in [0.1, 0.15) is 17.5 Å². The lowest BCUT2D eigenvalue weighted by Crippen LogP contribution is -2.34. The van der Waals surface area contributed by atoms with Crippen LogP contribution in [0.4, 0.5) is 5.69 Å². The Hall–Kier alpha value is -1.81. The number of aromatic nitrogens is 2. The Morgan fingerprint density at radius 1 is 1.36 bits per heavy atom. The molecule has 4 rings (SSSR count). The largest absolute Gasteiger partial charge is 0.496 e. The van der Waals surface area contributed by atoms with E-state index in [0.717, 1.165) is 36.1 Å². The minimum absolute atomic E-state index is 0.0330. The summed E-state index contributed by atoms with van der Waals surface area (Å²) in [6.07, 6.45) is 4.17. The summed E-state index contributed by atoms with van der Waals surface area (Å²) in [5.74, 6) is 0.784. The van der Waals surface area contributed by atoms with Crippen molar-refractivity contribution in [3.8, 4) is 5.75 Å². The van der Waals surface area contributed by atoms with Crippen LogP contribution in [0.15, 0.2) is 28.7 Å². The van der Waals surface area contributed by atoms with E-state index in [1.165, 1.54) is 15.7 Å². The zero-order valence-electron chi connectivity index (χ0n) is 15.8. The minimum Gasteiger partial charge on any atom is -0.496 e. The van der Waals surface area contributed by atoms with E-state index in [1.54, 1.807) is 24.8 Å². The molecule has 150 valence electrons. The van der Waals surface area contributed by atoms with Crippen LogP contribution in [-0.4, -0.2) is 49.9 Å². The maximum absolute atomic E-state index is 13.1. The molecular weight excluding hydrogens is 420 g/mol. The number of nitrogens with one attached hydrogen (secondary N) is 1. The van der Waals surface area contributed by atoms with Crippen LogP contribution < -0.4 is 9.46 Å². The number of hydrogen-bond acceptors (Lipinski definition) is 6. The first-order chi connectivity index (χ1) is 13.3. The number of ether oxygens (including phenoxy) is 1. The number of hydrogen-bond donors (Lipinski definition) is 1. The average Bonchev–Trinajstić information content (AvgIpc) is 3.20. The van der Waals surface area contributed by atoms with Crippen LogP contribution in [0.3, 0.4) is 0 Å². The van der Waals surface area contributed by atoms with Gasteiger partial charge in [-0.05, 0) is 51.1 Å². The molecule has 1 aromatic carbocycles. The van der Waals surface area contributed by atoms with Gasteiger partial charge in [0.15, 0.2) is 15.1 Å². The first-order valence-electron chi connectivity index (χ1n) is 8.81. The summed E-state index contributed by atoms with van der Waals surface area (Å²) in [5.41, 5.74) is 2.59. The molecule has 0 bridgehead atoms. The normalized spacial score (nSPS) is 17.1. The van der Waals surface area contributed by atoms with E-state index in [4.69, 9.17) is 16.3 Å². The summed E-state index contributed by atoms with van der Waals surface area (Å²) in [7, 11) is 1.85. The van der Waals surface area contributed by atoms with Crippen molar-refractivity contribution in [2.24, 2.45) is 0 Å². The van der Waals surface area contributed by atoms with Crippen LogP contribution in [0.5, 0.6) is 5.75 Å². The third-order valence-corrected chi connectivity index (χ3v) is 7.70. The van der Waals surface area contributed by atoms with Gasteiger partial charge in [0.1, 0.15) is 5.75 Å². The van der Waals surface area contributed by atoms with Crippen molar-refractivity contribution in [1.82, 2.24) is 14.3 Å². The highest BCUT2D eigenvalue weighted by Gasteiger charge is 2.29. The number of likely N-dealkylation sites (N-methyl/N-ethyl adjacent to an activating group) is 1. The zero-order chi connectivity index (χ0) is 20.1. The molecule has 28 heavy (non-hydrogen) atoms. The highest BCUT2D eigenvalue weighted by molar-refractivity contribution is 7.92. The molecule has 0 unspecified atom stereocenters. The van der Waals surface area contributed by atoms with E-state index in [2.05, 4.69) is 28.7 Å². The molecule has 0 amide bonds. The van der Waals surface area contributed by atoms with Crippen molar-refractivity contribution in [2.75, 3.05) is 25.9 Å². The van der Waals surface area contributed by atoms with Gasteiger partial charge in [0.25, 0.3) is 10.0 Å². The number of anilines is 1. The third-order valence-electron chi connectivity index (χ3n) is 5.18. The van der Waals surface area contributed by atoms with Crippen molar-refractivity contribution in [1.29, 1.82) is 0 Å². The Morgan fingerprint density at radius 3 is 2.86 bits per heavy atom. The maximum atomic E-state index is 13.1. The van der Waals surface area contributed by atoms with Crippen molar-refractivity contribution < 1.29 is 13.2 Å². The Bertz CT molecular complexity index is 1140. The summed E-state index contributed by atoms with van der Waals surface area (Å²) in [5, 5.41) is 1.69. The molecule has 1 N–H and O–H groups in total. The molecule has 1 aliphatic rings. The SMILES string of the molecule is COc1ccc(NS(=O)(=O)c2c(Cl)nc3sccn23)c2c1C[C@@H](N(C)C)CC2. The number of fused-ring (bicyclic) bond motifs is 2. The lowest BCUT2D eigenvalue weighted by Gasteiger charge is -2.32. The number of sulfonamides is 1. The second-order valence-corrected chi connectivity index (χ2v) is 9.83. The molecule has 3 aromatic rings. The van der Waals surface area contributed by atoms with Gasteiger partial charge in [-0.15, -0.1) is 11.3 Å². The van der Waals surface area contributed by atoms with Gasteiger partial charge < -0.3 is 9.64 Å². The van der Waals surface area contributed by atoms with Gasteiger partial charge in [-0.1, -0.05) is 11.6 Å². The fraction of sp³-hybridized carbons (Fsp3) is 0.389. The summed E-state index contributed by atoms with van der Waals surface area (Å²) < 4.78 is 36.0. The second kappa shape index (κ2) is 7.22. The predicted molar refractivity (Wildman–Crippen MR) is 111 cm³/mol. The smallest absolute Gasteiger partial charge is 0.281 e. The van der Waals surface area contributed by atoms with Gasteiger partial charge in [0, 0.05) is 23.2 Å². The van der Waals surface area contributed by atoms with E-state index < -0.39 is 10.0 Å². The predicted octanol–water partition coefficient (Wildman–Crippen LogP) is 3.28. The first-order valence-corrected chi connectivity index (χ1v) is 11.5. The second-order valence-electron chi connectivity index (χ2n) is 7.00. The highest BCUT2D eigenvalue weighted by Crippen LogP contribution is 2.37. The number of thiazole rings is 1. The Kier molecular flexibility index (Phi) is 5.03. The van der Waals surface area contributed by atoms with Crippen LogP contribution in [0.25, 0.3) is 4.96 Å². The van der Waals surface area contributed by atoms with Crippen LogP contribution in [-0.2, 0) is 22.9 Å². The van der Waals surface area contributed by atoms with Gasteiger partial charge in [0.05, 0.1) is 12.8 Å². The third kappa shape index (κ3) is 3.26. The fourth-order valence-corrected chi connectivity index (χ4v) is 6.28. The minimum atomic E-state index is -3.91. The molecule has 0 saturated heterocycles. The average molecular weight is 441 g/mol. The van der Waals surface area contributed by atoms with E-state index in [9.17, 15) is 8.42 Å². The number of nitrogens with zero attached hydrogens (tertiary/aromatic N) is 3. The molecule has 0 saturated carbocycles. The topological polar surface area (TPSA) is 75.9 Å². The molecule has 0 spiro atoms. The summed E-state index contributed by atoms with van der Waals surface area (Å²) in [6, 6.07) is 3.96. The monoisotopic (exact) mass is 440 g/mol. The summed E-state index contributed by atoms with van der Waals surface area (Å²) in [4.78, 5) is 6.86. The summed E-state index contributed by atoms with van der Waals surface area (Å²) in [6.45, 7) is 0. The first kappa shape index (κ1) is 19.5. The molecule has 1 aliphatic carbocycles. The van der Waals surface area contributed by atoms with Crippen LogP contribution in [0.2, 0.25) is 5.15 Å². The van der Waals surface area contributed by atoms with Crippen molar-refractivity contribution in [2.45, 2.75) is 30.3 Å². The van der Waals surface area contributed by atoms with Gasteiger partial charge in [-0.3, -0.25) is 9.12 Å². The molecule has 0 radical (unpaired) electrons. The number of imidazole rings is 1. The molecule has 0 aliphatic heterocycles. The number of methoxy groups -OCH3 is 1. The fourth-order valence-electron chi connectivity index (χ4n) is 3.73. The van der Waals surface area contributed by atoms with E-state index >= 15 is 0 Å². The Morgan fingerprint density at radius 2 is 2.14 bits per heavy atom. The van der Waals surface area contributed by atoms with Crippen LogP contribution in [0, 0.1) is 0 Å². The highest BCUT2D eigenvalue weighted by atomic mass is 35.5. The Balaban J connectivity index is 1.75. The van der Waals surface area contributed by atoms with Gasteiger partial charge in [-0.2, -0.15) is 8.42 Å². The lowest BCUT2D eigenvalue weighted by atomic mass is 9.86. The van der Waals surface area contributed by atoms with Crippen molar-refractivity contribution >= 4 is 43.6 Å². The van der Waals surface area contributed by atoms with E-state index in [1.807, 2.05) is 6.07 Å². The van der Waals surface area contributed by atoms with Crippen molar-refractivity contribution in [3.05, 3.63) is 40.0 Å². The molecule has 7 nitrogen and oxygen atoms in total. The number of benzene rings is 1. The van der Waals surface area contributed by atoms with Gasteiger partial charge in [-0.25, -0.2) is 4.98 Å². The maximum Gasteiger partial charge on any atom is 0.281 e. The molecule has 0 fully saturated rings. The van der Waals surface area contributed by atoms with Gasteiger partial charge in [0.2, 0.25) is 0 Å². The van der Waals surface area contributed by atoms with Gasteiger partial charge >= 0.3 is 0 Å². The summed E-state index contributed by atoms with van der Waals surface area (Å²) >= 11 is 7.46. The van der Waals surface area contributed by atoms with Crippen molar-refractivity contribution in [3.63, 3.8) is 0 Å².